The molecule has 1 heterocycles. The van der Waals surface area contributed by atoms with Gasteiger partial charge in [0.1, 0.15) is 0 Å². The second-order valence-corrected chi connectivity index (χ2v) is 4.84. The van der Waals surface area contributed by atoms with Gasteiger partial charge in [-0.25, -0.2) is 0 Å². The van der Waals surface area contributed by atoms with Crippen molar-refractivity contribution in [2.45, 2.75) is 32.6 Å². The van der Waals surface area contributed by atoms with Crippen molar-refractivity contribution in [2.24, 2.45) is 17.6 Å². The number of amides is 2. The average Bonchev–Trinajstić information content (AvgIpc) is 2.26. The van der Waals surface area contributed by atoms with Gasteiger partial charge in [0.15, 0.2) is 0 Å². The van der Waals surface area contributed by atoms with Crippen molar-refractivity contribution in [1.29, 1.82) is 0 Å². The maximum Gasteiger partial charge on any atom is 0.220 e. The molecule has 1 atom stereocenters. The van der Waals surface area contributed by atoms with Crippen molar-refractivity contribution >= 4 is 11.8 Å². The zero-order chi connectivity index (χ0) is 12.7. The van der Waals surface area contributed by atoms with E-state index in [9.17, 15) is 9.59 Å². The molecule has 1 rings (SSSR count). The summed E-state index contributed by atoms with van der Waals surface area (Å²) in [4.78, 5) is 22.3. The number of carbonyl (C=O) groups is 2. The number of hydrogen-bond acceptors (Lipinski definition) is 3. The highest BCUT2D eigenvalue weighted by Gasteiger charge is 2.16. The van der Waals surface area contributed by atoms with Crippen LogP contribution in [0.25, 0.3) is 0 Å². The quantitative estimate of drug-likeness (QED) is 0.708. The fourth-order valence-corrected chi connectivity index (χ4v) is 2.01. The second kappa shape index (κ2) is 7.27. The summed E-state index contributed by atoms with van der Waals surface area (Å²) < 4.78 is 5.25. The average molecular weight is 242 g/mol. The van der Waals surface area contributed by atoms with E-state index < -0.39 is 0 Å². The van der Waals surface area contributed by atoms with Crippen LogP contribution in [0.3, 0.4) is 0 Å². The molecule has 5 heteroatoms. The van der Waals surface area contributed by atoms with Crippen molar-refractivity contribution < 1.29 is 14.3 Å². The van der Waals surface area contributed by atoms with Gasteiger partial charge in [-0.1, -0.05) is 6.92 Å². The van der Waals surface area contributed by atoms with Crippen LogP contribution in [0.1, 0.15) is 32.6 Å². The van der Waals surface area contributed by atoms with Crippen molar-refractivity contribution in [3.63, 3.8) is 0 Å². The molecule has 0 saturated carbocycles. The van der Waals surface area contributed by atoms with Crippen LogP contribution in [0.5, 0.6) is 0 Å². The zero-order valence-electron chi connectivity index (χ0n) is 10.4. The van der Waals surface area contributed by atoms with Gasteiger partial charge in [-0.3, -0.25) is 9.59 Å². The SMILES string of the molecule is C[C@H](CC(N)=O)CC(=O)NCC1CCOCC1. The lowest BCUT2D eigenvalue weighted by molar-refractivity contribution is -0.123. The van der Waals surface area contributed by atoms with Crippen LogP contribution in [0.15, 0.2) is 0 Å². The molecule has 3 N–H and O–H groups in total. The first-order valence-electron chi connectivity index (χ1n) is 6.20. The first kappa shape index (κ1) is 14.0. The molecule has 1 aliphatic heterocycles. The summed E-state index contributed by atoms with van der Waals surface area (Å²) in [5.41, 5.74) is 5.08. The number of ether oxygens (including phenoxy) is 1. The minimum absolute atomic E-state index is 0.00485. The molecule has 0 aromatic rings. The van der Waals surface area contributed by atoms with Gasteiger partial charge in [-0.2, -0.15) is 0 Å². The Morgan fingerprint density at radius 3 is 2.59 bits per heavy atom. The van der Waals surface area contributed by atoms with Gasteiger partial charge in [0, 0.05) is 32.6 Å². The second-order valence-electron chi connectivity index (χ2n) is 4.84. The van der Waals surface area contributed by atoms with E-state index in [0.29, 0.717) is 18.9 Å². The Morgan fingerprint density at radius 1 is 1.35 bits per heavy atom. The van der Waals surface area contributed by atoms with Crippen LogP contribution < -0.4 is 11.1 Å². The Kier molecular flexibility index (Phi) is 5.97. The first-order chi connectivity index (χ1) is 8.08. The minimum atomic E-state index is -0.352. The lowest BCUT2D eigenvalue weighted by Gasteiger charge is -2.22. The summed E-state index contributed by atoms with van der Waals surface area (Å²) in [6, 6.07) is 0. The molecule has 0 bridgehead atoms. The Balaban J connectivity index is 2.13. The molecule has 1 fully saturated rings. The Bertz CT molecular complexity index is 262. The molecule has 5 nitrogen and oxygen atoms in total. The van der Waals surface area contributed by atoms with E-state index in [0.717, 1.165) is 26.1 Å². The summed E-state index contributed by atoms with van der Waals surface area (Å²) in [6.45, 7) is 4.15. The van der Waals surface area contributed by atoms with Gasteiger partial charge >= 0.3 is 0 Å². The number of hydrogen-bond donors (Lipinski definition) is 2. The molecule has 0 spiro atoms. The van der Waals surface area contributed by atoms with Crippen LogP contribution in [-0.4, -0.2) is 31.6 Å². The maximum absolute atomic E-state index is 11.6. The Morgan fingerprint density at radius 2 is 2.00 bits per heavy atom. The van der Waals surface area contributed by atoms with Crippen LogP contribution in [0.2, 0.25) is 0 Å². The van der Waals surface area contributed by atoms with Crippen molar-refractivity contribution in [1.82, 2.24) is 5.32 Å². The molecule has 1 saturated heterocycles. The van der Waals surface area contributed by atoms with Crippen molar-refractivity contribution in [3.05, 3.63) is 0 Å². The van der Waals surface area contributed by atoms with E-state index in [1.807, 2.05) is 6.92 Å². The molecule has 98 valence electrons. The fraction of sp³-hybridized carbons (Fsp3) is 0.833. The predicted octanol–water partition coefficient (Wildman–Crippen LogP) is 0.431. The lowest BCUT2D eigenvalue weighted by Crippen LogP contribution is -2.33. The van der Waals surface area contributed by atoms with E-state index in [4.69, 9.17) is 10.5 Å². The molecular weight excluding hydrogens is 220 g/mol. The monoisotopic (exact) mass is 242 g/mol. The van der Waals surface area contributed by atoms with Gasteiger partial charge in [0.25, 0.3) is 0 Å². The van der Waals surface area contributed by atoms with Crippen LogP contribution in [0, 0.1) is 11.8 Å². The molecule has 0 unspecified atom stereocenters. The largest absolute Gasteiger partial charge is 0.381 e. The van der Waals surface area contributed by atoms with Crippen LogP contribution >= 0.6 is 0 Å². The van der Waals surface area contributed by atoms with Gasteiger partial charge in [0.05, 0.1) is 0 Å². The Labute approximate surface area is 102 Å². The standard InChI is InChI=1S/C12H22N2O3/c1-9(6-11(13)15)7-12(16)14-8-10-2-4-17-5-3-10/h9-10H,2-8H2,1H3,(H2,13,15)(H,14,16)/t9-/m1/s1. The summed E-state index contributed by atoms with van der Waals surface area (Å²) in [7, 11) is 0. The molecule has 0 aliphatic carbocycles. The van der Waals surface area contributed by atoms with Gasteiger partial charge in [-0.05, 0) is 24.7 Å². The maximum atomic E-state index is 11.6. The molecule has 0 radical (unpaired) electrons. The van der Waals surface area contributed by atoms with E-state index in [2.05, 4.69) is 5.32 Å². The summed E-state index contributed by atoms with van der Waals surface area (Å²) in [5.74, 6) is 0.196. The Hall–Kier alpha value is -1.10. The predicted molar refractivity (Wildman–Crippen MR) is 64.1 cm³/mol. The number of carbonyl (C=O) groups excluding carboxylic acids is 2. The molecule has 2 amide bonds. The van der Waals surface area contributed by atoms with Gasteiger partial charge < -0.3 is 15.8 Å². The van der Waals surface area contributed by atoms with Crippen LogP contribution in [0.4, 0.5) is 0 Å². The smallest absolute Gasteiger partial charge is 0.220 e. The normalized spacial score (nSPS) is 18.6. The number of rotatable bonds is 6. The van der Waals surface area contributed by atoms with Gasteiger partial charge in [-0.15, -0.1) is 0 Å². The molecule has 17 heavy (non-hydrogen) atoms. The third-order valence-corrected chi connectivity index (χ3v) is 3.01. The third kappa shape index (κ3) is 6.26. The highest BCUT2D eigenvalue weighted by molar-refractivity contribution is 5.78. The molecule has 1 aliphatic rings. The highest BCUT2D eigenvalue weighted by Crippen LogP contribution is 2.13. The fourth-order valence-electron chi connectivity index (χ4n) is 2.01. The highest BCUT2D eigenvalue weighted by atomic mass is 16.5. The topological polar surface area (TPSA) is 81.4 Å². The van der Waals surface area contributed by atoms with Crippen molar-refractivity contribution in [3.8, 4) is 0 Å². The first-order valence-corrected chi connectivity index (χ1v) is 6.20. The van der Waals surface area contributed by atoms with Crippen LogP contribution in [-0.2, 0) is 14.3 Å². The molecule has 0 aromatic heterocycles. The lowest BCUT2D eigenvalue weighted by atomic mass is 9.99. The number of nitrogens with one attached hydrogen (secondary N) is 1. The number of nitrogens with two attached hydrogens (primary N) is 1. The number of primary amides is 1. The van der Waals surface area contributed by atoms with Crippen molar-refractivity contribution in [2.75, 3.05) is 19.8 Å². The van der Waals surface area contributed by atoms with Gasteiger partial charge in [0.2, 0.25) is 11.8 Å². The summed E-state index contributed by atoms with van der Waals surface area (Å²) >= 11 is 0. The summed E-state index contributed by atoms with van der Waals surface area (Å²) in [5, 5.41) is 2.91. The van der Waals surface area contributed by atoms with E-state index in [1.54, 1.807) is 0 Å². The summed E-state index contributed by atoms with van der Waals surface area (Å²) in [6.07, 6.45) is 2.66. The van der Waals surface area contributed by atoms with E-state index in [-0.39, 0.29) is 24.2 Å². The zero-order valence-corrected chi connectivity index (χ0v) is 10.4. The molecule has 0 aromatic carbocycles. The molecular formula is C12H22N2O3. The van der Waals surface area contributed by atoms with E-state index >= 15 is 0 Å². The third-order valence-electron chi connectivity index (χ3n) is 3.01. The van der Waals surface area contributed by atoms with E-state index in [1.165, 1.54) is 0 Å². The minimum Gasteiger partial charge on any atom is -0.381 e.